The summed E-state index contributed by atoms with van der Waals surface area (Å²) in [6.07, 6.45) is 0. The molecule has 17 heavy (non-hydrogen) atoms. The van der Waals surface area contributed by atoms with Crippen LogP contribution in [0.2, 0.25) is 5.02 Å². The van der Waals surface area contributed by atoms with Gasteiger partial charge in [0.2, 0.25) is 0 Å². The molecule has 2 rings (SSSR count). The first-order chi connectivity index (χ1) is 8.15. The van der Waals surface area contributed by atoms with Crippen molar-refractivity contribution in [3.8, 4) is 17.0 Å². The number of aromatic nitrogens is 1. The zero-order valence-electron chi connectivity index (χ0n) is 9.87. The first kappa shape index (κ1) is 11.8. The van der Waals surface area contributed by atoms with Crippen molar-refractivity contribution in [2.24, 2.45) is 0 Å². The van der Waals surface area contributed by atoms with Gasteiger partial charge in [-0.3, -0.25) is 0 Å². The highest BCUT2D eigenvalue weighted by Gasteiger charge is 2.12. The molecule has 0 bridgehead atoms. The van der Waals surface area contributed by atoms with Crippen molar-refractivity contribution in [1.29, 1.82) is 0 Å². The topological polar surface area (TPSA) is 47.3 Å². The number of anilines is 1. The molecule has 1 aromatic carbocycles. The van der Waals surface area contributed by atoms with Gasteiger partial charge in [0.1, 0.15) is 17.2 Å². The van der Waals surface area contributed by atoms with E-state index in [0.29, 0.717) is 16.8 Å². The Kier molecular flexibility index (Phi) is 3.24. The number of nitrogens with one attached hydrogen (secondary N) is 1. The molecular weight excluding hydrogens is 240 g/mol. The maximum absolute atomic E-state index is 6.07. The highest BCUT2D eigenvalue weighted by Crippen LogP contribution is 2.32. The molecule has 4 nitrogen and oxygen atoms in total. The van der Waals surface area contributed by atoms with Crippen molar-refractivity contribution in [1.82, 2.24) is 4.98 Å². The van der Waals surface area contributed by atoms with Gasteiger partial charge in [0.25, 0.3) is 6.01 Å². The Hall–Kier alpha value is -1.68. The van der Waals surface area contributed by atoms with Crippen molar-refractivity contribution >= 4 is 17.6 Å². The highest BCUT2D eigenvalue weighted by molar-refractivity contribution is 6.32. The number of benzene rings is 1. The molecular formula is C12H13ClN2O2. The van der Waals surface area contributed by atoms with Crippen LogP contribution in [0.25, 0.3) is 11.3 Å². The summed E-state index contributed by atoms with van der Waals surface area (Å²) in [6.45, 7) is 1.86. The predicted octanol–water partition coefficient (Wildman–Crippen LogP) is 3.35. The van der Waals surface area contributed by atoms with Gasteiger partial charge in [-0.15, -0.1) is 0 Å². The third-order valence-electron chi connectivity index (χ3n) is 2.44. The lowest BCUT2D eigenvalue weighted by atomic mass is 10.1. The zero-order valence-corrected chi connectivity index (χ0v) is 10.6. The van der Waals surface area contributed by atoms with Gasteiger partial charge in [-0.1, -0.05) is 11.6 Å². The summed E-state index contributed by atoms with van der Waals surface area (Å²) < 4.78 is 10.5. The summed E-state index contributed by atoms with van der Waals surface area (Å²) in [5.74, 6) is 1.39. The van der Waals surface area contributed by atoms with Crippen LogP contribution in [-0.4, -0.2) is 19.1 Å². The summed E-state index contributed by atoms with van der Waals surface area (Å²) in [5.41, 5.74) is 1.68. The van der Waals surface area contributed by atoms with E-state index in [9.17, 15) is 0 Å². The molecule has 0 unspecified atom stereocenters. The van der Waals surface area contributed by atoms with Crippen molar-refractivity contribution in [3.05, 3.63) is 29.0 Å². The fourth-order valence-corrected chi connectivity index (χ4v) is 1.84. The Morgan fingerprint density at radius 2 is 2.18 bits per heavy atom. The number of ether oxygens (including phenoxy) is 1. The molecule has 5 heteroatoms. The predicted molar refractivity (Wildman–Crippen MR) is 67.8 cm³/mol. The number of hydrogen-bond acceptors (Lipinski definition) is 4. The molecule has 0 saturated heterocycles. The Balaban J connectivity index is 2.45. The van der Waals surface area contributed by atoms with Crippen LogP contribution < -0.4 is 10.1 Å². The van der Waals surface area contributed by atoms with Crippen LogP contribution in [0.15, 0.2) is 22.6 Å². The lowest BCUT2D eigenvalue weighted by Crippen LogP contribution is -1.88. The second-order valence-electron chi connectivity index (χ2n) is 3.52. The monoisotopic (exact) mass is 252 g/mol. The van der Waals surface area contributed by atoms with E-state index in [1.165, 1.54) is 0 Å². The fraction of sp³-hybridized carbons (Fsp3) is 0.250. The van der Waals surface area contributed by atoms with E-state index in [1.54, 1.807) is 14.2 Å². The molecule has 0 atom stereocenters. The highest BCUT2D eigenvalue weighted by atomic mass is 35.5. The molecule has 0 aliphatic carbocycles. The van der Waals surface area contributed by atoms with Crippen LogP contribution in [0, 0.1) is 6.92 Å². The average molecular weight is 253 g/mol. The molecule has 0 spiro atoms. The molecule has 1 aromatic heterocycles. The standard InChI is InChI=1S/C12H13ClN2O2/c1-7-11(15-12(14-2)17-7)8-4-5-10(16-3)9(13)6-8/h4-6H,1-3H3,(H,14,15). The minimum atomic E-state index is 0.490. The fourth-order valence-electron chi connectivity index (χ4n) is 1.58. The smallest absolute Gasteiger partial charge is 0.295 e. The van der Waals surface area contributed by atoms with E-state index in [4.69, 9.17) is 20.8 Å². The molecule has 1 N–H and O–H groups in total. The van der Waals surface area contributed by atoms with Crippen molar-refractivity contribution in [2.75, 3.05) is 19.5 Å². The van der Waals surface area contributed by atoms with Crippen LogP contribution >= 0.6 is 11.6 Å². The number of methoxy groups -OCH3 is 1. The minimum Gasteiger partial charge on any atom is -0.495 e. The van der Waals surface area contributed by atoms with E-state index in [0.717, 1.165) is 17.0 Å². The third kappa shape index (κ3) is 2.22. The first-order valence-electron chi connectivity index (χ1n) is 5.14. The molecule has 1 heterocycles. The summed E-state index contributed by atoms with van der Waals surface area (Å²) >= 11 is 6.07. The second kappa shape index (κ2) is 4.67. The summed E-state index contributed by atoms with van der Waals surface area (Å²) in [4.78, 5) is 4.32. The van der Waals surface area contributed by atoms with Crippen LogP contribution in [-0.2, 0) is 0 Å². The van der Waals surface area contributed by atoms with E-state index in [-0.39, 0.29) is 0 Å². The number of nitrogens with zero attached hydrogens (tertiary/aromatic N) is 1. The molecule has 0 radical (unpaired) electrons. The van der Waals surface area contributed by atoms with Gasteiger partial charge in [-0.25, -0.2) is 0 Å². The van der Waals surface area contributed by atoms with Crippen LogP contribution in [0.5, 0.6) is 5.75 Å². The number of aryl methyl sites for hydroxylation is 1. The summed E-state index contributed by atoms with van der Waals surface area (Å²) in [6, 6.07) is 6.01. The van der Waals surface area contributed by atoms with Crippen molar-refractivity contribution in [3.63, 3.8) is 0 Å². The van der Waals surface area contributed by atoms with Gasteiger partial charge < -0.3 is 14.5 Å². The quantitative estimate of drug-likeness (QED) is 0.910. The molecule has 90 valence electrons. The van der Waals surface area contributed by atoms with Crippen LogP contribution in [0.4, 0.5) is 6.01 Å². The minimum absolute atomic E-state index is 0.490. The second-order valence-corrected chi connectivity index (χ2v) is 3.93. The van der Waals surface area contributed by atoms with Gasteiger partial charge in [0.05, 0.1) is 12.1 Å². The van der Waals surface area contributed by atoms with E-state index >= 15 is 0 Å². The van der Waals surface area contributed by atoms with Crippen molar-refractivity contribution in [2.45, 2.75) is 6.92 Å². The average Bonchev–Trinajstić information content (AvgIpc) is 2.70. The van der Waals surface area contributed by atoms with Gasteiger partial charge in [0.15, 0.2) is 0 Å². The summed E-state index contributed by atoms with van der Waals surface area (Å²) in [7, 11) is 3.34. The Labute approximate surface area is 105 Å². The Bertz CT molecular complexity index is 537. The van der Waals surface area contributed by atoms with E-state index in [2.05, 4.69) is 10.3 Å². The number of halogens is 1. The van der Waals surface area contributed by atoms with Gasteiger partial charge in [-0.05, 0) is 25.1 Å². The van der Waals surface area contributed by atoms with Gasteiger partial charge in [-0.2, -0.15) is 4.98 Å². The Morgan fingerprint density at radius 1 is 1.41 bits per heavy atom. The molecule has 0 aliphatic heterocycles. The SMILES string of the molecule is CNc1nc(-c2ccc(OC)c(Cl)c2)c(C)o1. The van der Waals surface area contributed by atoms with E-state index in [1.807, 2.05) is 25.1 Å². The summed E-state index contributed by atoms with van der Waals surface area (Å²) in [5, 5.41) is 3.41. The molecule has 0 aliphatic rings. The number of rotatable bonds is 3. The van der Waals surface area contributed by atoms with E-state index < -0.39 is 0 Å². The normalized spacial score (nSPS) is 10.4. The van der Waals surface area contributed by atoms with Crippen LogP contribution in [0.1, 0.15) is 5.76 Å². The molecule has 0 amide bonds. The lowest BCUT2D eigenvalue weighted by Gasteiger charge is -2.04. The molecule has 0 fully saturated rings. The number of oxazole rings is 1. The van der Waals surface area contributed by atoms with Gasteiger partial charge in [0, 0.05) is 12.6 Å². The molecule has 0 saturated carbocycles. The maximum Gasteiger partial charge on any atom is 0.295 e. The zero-order chi connectivity index (χ0) is 12.4. The van der Waals surface area contributed by atoms with Gasteiger partial charge >= 0.3 is 0 Å². The van der Waals surface area contributed by atoms with Crippen LogP contribution in [0.3, 0.4) is 0 Å². The van der Waals surface area contributed by atoms with Crippen molar-refractivity contribution < 1.29 is 9.15 Å². The largest absolute Gasteiger partial charge is 0.495 e. The number of hydrogen-bond donors (Lipinski definition) is 1. The third-order valence-corrected chi connectivity index (χ3v) is 2.73. The molecule has 2 aromatic rings. The first-order valence-corrected chi connectivity index (χ1v) is 5.52. The Morgan fingerprint density at radius 3 is 2.71 bits per heavy atom. The lowest BCUT2D eigenvalue weighted by molar-refractivity contribution is 0.415. The maximum atomic E-state index is 6.07.